The van der Waals surface area contributed by atoms with Crippen molar-refractivity contribution in [2.75, 3.05) is 19.6 Å². The number of hydrogen-bond acceptors (Lipinski definition) is 2. The molecule has 1 aliphatic carbocycles. The predicted octanol–water partition coefficient (Wildman–Crippen LogP) is 2.39. The van der Waals surface area contributed by atoms with Crippen LogP contribution in [0.5, 0.6) is 0 Å². The normalized spacial score (nSPS) is 20.0. The Morgan fingerprint density at radius 3 is 2.53 bits per heavy atom. The Kier molecular flexibility index (Phi) is 5.07. The van der Waals surface area contributed by atoms with Crippen LogP contribution in [-0.2, 0) is 0 Å². The largest absolute Gasteiger partial charge is 0.330 e. The van der Waals surface area contributed by atoms with Crippen LogP contribution in [0.15, 0.2) is 0 Å². The molecule has 1 atom stereocenters. The molecule has 90 valence electrons. The Balaban J connectivity index is 2.12. The lowest BCUT2D eigenvalue weighted by atomic mass is 9.67. The standard InChI is InChI=1S/C13H28N2/c1-11(7-8-14)9-15-10-13(2,3)12-5-4-6-12/h11-12,15H,4-10,14H2,1-3H3. The Bertz CT molecular complexity index is 173. The lowest BCUT2D eigenvalue weighted by Gasteiger charge is -2.40. The van der Waals surface area contributed by atoms with Crippen molar-refractivity contribution in [3.8, 4) is 0 Å². The van der Waals surface area contributed by atoms with Crippen LogP contribution < -0.4 is 11.1 Å². The smallest absolute Gasteiger partial charge is 0.000528 e. The average molecular weight is 212 g/mol. The zero-order chi connectivity index (χ0) is 11.3. The molecule has 0 saturated heterocycles. The van der Waals surface area contributed by atoms with E-state index in [1.165, 1.54) is 19.3 Å². The van der Waals surface area contributed by atoms with Crippen molar-refractivity contribution in [2.45, 2.75) is 46.5 Å². The number of nitrogens with two attached hydrogens (primary N) is 1. The van der Waals surface area contributed by atoms with E-state index in [1.54, 1.807) is 0 Å². The van der Waals surface area contributed by atoms with Gasteiger partial charge in [0.1, 0.15) is 0 Å². The van der Waals surface area contributed by atoms with Crippen LogP contribution in [0, 0.1) is 17.3 Å². The fraction of sp³-hybridized carbons (Fsp3) is 1.00. The third kappa shape index (κ3) is 4.12. The summed E-state index contributed by atoms with van der Waals surface area (Å²) in [5, 5.41) is 3.60. The van der Waals surface area contributed by atoms with Crippen LogP contribution in [-0.4, -0.2) is 19.6 Å². The van der Waals surface area contributed by atoms with Crippen molar-refractivity contribution in [1.29, 1.82) is 0 Å². The van der Waals surface area contributed by atoms with Gasteiger partial charge in [0, 0.05) is 6.54 Å². The zero-order valence-corrected chi connectivity index (χ0v) is 10.7. The summed E-state index contributed by atoms with van der Waals surface area (Å²) in [4.78, 5) is 0. The third-order valence-electron chi connectivity index (χ3n) is 3.94. The van der Waals surface area contributed by atoms with Gasteiger partial charge in [0.05, 0.1) is 0 Å². The molecule has 0 aromatic rings. The maximum absolute atomic E-state index is 5.54. The minimum Gasteiger partial charge on any atom is -0.330 e. The van der Waals surface area contributed by atoms with E-state index in [2.05, 4.69) is 26.1 Å². The lowest BCUT2D eigenvalue weighted by Crippen LogP contribution is -2.40. The first-order valence-electron chi connectivity index (χ1n) is 6.47. The molecule has 0 heterocycles. The molecule has 0 aromatic heterocycles. The molecule has 0 aromatic carbocycles. The SMILES string of the molecule is CC(CCN)CNCC(C)(C)C1CCC1. The van der Waals surface area contributed by atoms with Gasteiger partial charge in [-0.3, -0.25) is 0 Å². The molecule has 2 heteroatoms. The Hall–Kier alpha value is -0.0800. The molecule has 0 amide bonds. The summed E-state index contributed by atoms with van der Waals surface area (Å²) in [5.74, 6) is 1.67. The van der Waals surface area contributed by atoms with Crippen LogP contribution in [0.3, 0.4) is 0 Å². The van der Waals surface area contributed by atoms with Gasteiger partial charge in [-0.15, -0.1) is 0 Å². The summed E-state index contributed by atoms with van der Waals surface area (Å²) in [6, 6.07) is 0. The van der Waals surface area contributed by atoms with Gasteiger partial charge in [-0.2, -0.15) is 0 Å². The predicted molar refractivity (Wildman–Crippen MR) is 66.8 cm³/mol. The first-order chi connectivity index (χ1) is 7.06. The van der Waals surface area contributed by atoms with Crippen molar-refractivity contribution in [2.24, 2.45) is 23.0 Å². The van der Waals surface area contributed by atoms with Crippen molar-refractivity contribution >= 4 is 0 Å². The van der Waals surface area contributed by atoms with Gasteiger partial charge in [-0.25, -0.2) is 0 Å². The van der Waals surface area contributed by atoms with Crippen molar-refractivity contribution in [1.82, 2.24) is 5.32 Å². The van der Waals surface area contributed by atoms with Gasteiger partial charge in [0.15, 0.2) is 0 Å². The van der Waals surface area contributed by atoms with E-state index < -0.39 is 0 Å². The van der Waals surface area contributed by atoms with Crippen molar-refractivity contribution in [3.63, 3.8) is 0 Å². The van der Waals surface area contributed by atoms with E-state index in [4.69, 9.17) is 5.73 Å². The summed E-state index contributed by atoms with van der Waals surface area (Å²) in [6.45, 7) is 10.2. The third-order valence-corrected chi connectivity index (χ3v) is 3.94. The van der Waals surface area contributed by atoms with Gasteiger partial charge >= 0.3 is 0 Å². The molecule has 3 N–H and O–H groups in total. The summed E-state index contributed by atoms with van der Waals surface area (Å²) >= 11 is 0. The van der Waals surface area contributed by atoms with E-state index in [-0.39, 0.29) is 0 Å². The van der Waals surface area contributed by atoms with Gasteiger partial charge in [-0.1, -0.05) is 27.2 Å². The van der Waals surface area contributed by atoms with Gasteiger partial charge in [0.2, 0.25) is 0 Å². The molecule has 0 bridgehead atoms. The Labute approximate surface area is 95.0 Å². The Morgan fingerprint density at radius 1 is 1.40 bits per heavy atom. The van der Waals surface area contributed by atoms with E-state index in [0.717, 1.165) is 32.0 Å². The monoisotopic (exact) mass is 212 g/mol. The van der Waals surface area contributed by atoms with E-state index in [0.29, 0.717) is 11.3 Å². The first kappa shape index (κ1) is 13.0. The van der Waals surface area contributed by atoms with Crippen molar-refractivity contribution in [3.05, 3.63) is 0 Å². The topological polar surface area (TPSA) is 38.0 Å². The summed E-state index contributed by atoms with van der Waals surface area (Å²) in [7, 11) is 0. The minimum absolute atomic E-state index is 0.487. The lowest BCUT2D eigenvalue weighted by molar-refractivity contribution is 0.118. The fourth-order valence-corrected chi connectivity index (χ4v) is 2.36. The highest BCUT2D eigenvalue weighted by Crippen LogP contribution is 2.41. The maximum Gasteiger partial charge on any atom is 0.000528 e. The fourth-order valence-electron chi connectivity index (χ4n) is 2.36. The molecule has 1 saturated carbocycles. The second-order valence-electron chi connectivity index (χ2n) is 5.93. The van der Waals surface area contributed by atoms with Crippen molar-refractivity contribution < 1.29 is 0 Å². The molecule has 1 aliphatic rings. The second-order valence-corrected chi connectivity index (χ2v) is 5.93. The van der Waals surface area contributed by atoms with E-state index in [9.17, 15) is 0 Å². The molecule has 1 rings (SSSR count). The quantitative estimate of drug-likeness (QED) is 0.680. The van der Waals surface area contributed by atoms with Crippen LogP contribution in [0.2, 0.25) is 0 Å². The molecule has 1 unspecified atom stereocenters. The molecular formula is C13H28N2. The Morgan fingerprint density at radius 2 is 2.07 bits per heavy atom. The number of hydrogen-bond donors (Lipinski definition) is 2. The van der Waals surface area contributed by atoms with Gasteiger partial charge in [0.25, 0.3) is 0 Å². The van der Waals surface area contributed by atoms with Crippen LogP contribution in [0.1, 0.15) is 46.5 Å². The second kappa shape index (κ2) is 5.86. The molecule has 0 spiro atoms. The number of nitrogens with one attached hydrogen (secondary N) is 1. The first-order valence-corrected chi connectivity index (χ1v) is 6.47. The van der Waals surface area contributed by atoms with E-state index >= 15 is 0 Å². The molecular weight excluding hydrogens is 184 g/mol. The average Bonchev–Trinajstić information content (AvgIpc) is 1.99. The summed E-state index contributed by atoms with van der Waals surface area (Å²) < 4.78 is 0. The summed E-state index contributed by atoms with van der Waals surface area (Å²) in [5.41, 5.74) is 6.02. The van der Waals surface area contributed by atoms with Crippen LogP contribution in [0.25, 0.3) is 0 Å². The van der Waals surface area contributed by atoms with E-state index in [1.807, 2.05) is 0 Å². The maximum atomic E-state index is 5.54. The summed E-state index contributed by atoms with van der Waals surface area (Å²) in [6.07, 6.45) is 5.45. The minimum atomic E-state index is 0.487. The highest BCUT2D eigenvalue weighted by Gasteiger charge is 2.33. The van der Waals surface area contributed by atoms with Crippen LogP contribution in [0.4, 0.5) is 0 Å². The molecule has 2 nitrogen and oxygen atoms in total. The van der Waals surface area contributed by atoms with Gasteiger partial charge in [-0.05, 0) is 49.6 Å². The van der Waals surface area contributed by atoms with Gasteiger partial charge < -0.3 is 11.1 Å². The molecule has 0 aliphatic heterocycles. The zero-order valence-electron chi connectivity index (χ0n) is 10.7. The highest BCUT2D eigenvalue weighted by molar-refractivity contribution is 4.85. The number of rotatable bonds is 7. The molecule has 0 radical (unpaired) electrons. The highest BCUT2D eigenvalue weighted by atomic mass is 14.9. The van der Waals surface area contributed by atoms with Crippen LogP contribution >= 0.6 is 0 Å². The molecule has 15 heavy (non-hydrogen) atoms. The molecule has 1 fully saturated rings.